The van der Waals surface area contributed by atoms with E-state index in [0.29, 0.717) is 11.3 Å². The van der Waals surface area contributed by atoms with Crippen LogP contribution in [0.15, 0.2) is 28.7 Å². The number of allylic oxidation sites excluding steroid dienone is 1. The average molecular weight is 542 g/mol. The molecule has 3 aliphatic carbocycles. The number of carbonyl (C=O) groups excluding carboxylic acids is 3. The number of aromatic hydroxyl groups is 1. The lowest BCUT2D eigenvalue weighted by Gasteiger charge is -2.48. The molecule has 0 bridgehead atoms. The van der Waals surface area contributed by atoms with Crippen molar-refractivity contribution in [2.45, 2.75) is 70.2 Å². The number of phenolic OH excluding ortho intramolecular Hbond substituents is 1. The molecular formula is C28H35N3O8. The zero-order chi connectivity index (χ0) is 28.5. The Hall–Kier alpha value is -3.41. The number of amides is 1. The van der Waals surface area contributed by atoms with Crippen molar-refractivity contribution >= 4 is 17.5 Å². The van der Waals surface area contributed by atoms with Crippen molar-refractivity contribution in [1.82, 2.24) is 4.90 Å². The third-order valence-electron chi connectivity index (χ3n) is 8.72. The third kappa shape index (κ3) is 3.78. The fourth-order valence-corrected chi connectivity index (χ4v) is 6.97. The lowest BCUT2D eigenvalue weighted by Crippen LogP contribution is -2.63. The van der Waals surface area contributed by atoms with Crippen molar-refractivity contribution in [1.29, 1.82) is 0 Å². The Balaban J connectivity index is 1.69. The van der Waals surface area contributed by atoms with E-state index in [1.807, 2.05) is 13.8 Å². The van der Waals surface area contributed by atoms with Crippen molar-refractivity contribution in [3.63, 3.8) is 0 Å². The molecule has 0 radical (unpaired) electrons. The van der Waals surface area contributed by atoms with Crippen LogP contribution in [0.4, 0.5) is 0 Å². The number of Topliss-reactive ketones (excluding diaryl/α,β-unsaturated/α-hetero) is 2. The Labute approximate surface area is 225 Å². The molecule has 4 aliphatic rings. The van der Waals surface area contributed by atoms with Gasteiger partial charge in [-0.2, -0.15) is 0 Å². The van der Waals surface area contributed by atoms with Crippen LogP contribution in [0.5, 0.6) is 11.5 Å². The first kappa shape index (κ1) is 27.2. The number of phenols is 1. The van der Waals surface area contributed by atoms with Crippen molar-refractivity contribution < 1.29 is 39.5 Å². The molecule has 39 heavy (non-hydrogen) atoms. The maximum Gasteiger partial charge on any atom is 0.255 e. The van der Waals surface area contributed by atoms with Gasteiger partial charge in [0.15, 0.2) is 11.4 Å². The number of ether oxygens (including phenoxy) is 1. The number of carbonyl (C=O) groups is 3. The van der Waals surface area contributed by atoms with Gasteiger partial charge in [0, 0.05) is 28.7 Å². The molecule has 210 valence electrons. The Bertz CT molecular complexity index is 1350. The van der Waals surface area contributed by atoms with E-state index in [1.165, 1.54) is 0 Å². The van der Waals surface area contributed by atoms with Gasteiger partial charge in [0.2, 0.25) is 5.78 Å². The van der Waals surface area contributed by atoms with Gasteiger partial charge in [-0.15, -0.1) is 0 Å². The second kappa shape index (κ2) is 9.35. The monoisotopic (exact) mass is 541 g/mol. The summed E-state index contributed by atoms with van der Waals surface area (Å²) in [4.78, 5) is 41.3. The van der Waals surface area contributed by atoms with E-state index < -0.39 is 58.0 Å². The van der Waals surface area contributed by atoms with Crippen LogP contribution in [0.3, 0.4) is 0 Å². The van der Waals surface area contributed by atoms with Gasteiger partial charge >= 0.3 is 0 Å². The number of aliphatic hydroxyl groups is 3. The van der Waals surface area contributed by atoms with Crippen LogP contribution < -0.4 is 16.2 Å². The molecule has 5 atom stereocenters. The maximum atomic E-state index is 13.9. The molecule has 1 saturated heterocycles. The van der Waals surface area contributed by atoms with E-state index in [9.17, 15) is 34.8 Å². The van der Waals surface area contributed by atoms with Crippen LogP contribution in [-0.4, -0.2) is 73.6 Å². The molecule has 0 spiro atoms. The molecule has 5 rings (SSSR count). The van der Waals surface area contributed by atoms with Crippen molar-refractivity contribution in [3.05, 3.63) is 45.4 Å². The van der Waals surface area contributed by atoms with Gasteiger partial charge in [-0.05, 0) is 64.6 Å². The van der Waals surface area contributed by atoms with Gasteiger partial charge in [0.25, 0.3) is 5.91 Å². The SMILES string of the molecule is CCN1CCC[C@H]1c1cc(O)c2c(c1OC(C)C)C[C@H]1C[C@H]3[C@H](N)C(O)=C(C(N)=O)C(=O)[C@@]3(O)C(O)=C1C2=O. The summed E-state index contributed by atoms with van der Waals surface area (Å²) in [6.07, 6.45) is 1.72. The molecule has 1 heterocycles. The maximum absolute atomic E-state index is 13.9. The molecule has 0 aromatic heterocycles. The van der Waals surface area contributed by atoms with Crippen LogP contribution in [0.1, 0.15) is 67.6 Å². The first-order valence-electron chi connectivity index (χ1n) is 13.4. The van der Waals surface area contributed by atoms with E-state index in [2.05, 4.69) is 11.8 Å². The fourth-order valence-electron chi connectivity index (χ4n) is 6.97. The lowest BCUT2D eigenvalue weighted by molar-refractivity contribution is -0.145. The predicted octanol–water partition coefficient (Wildman–Crippen LogP) is 1.46. The van der Waals surface area contributed by atoms with E-state index >= 15 is 0 Å². The van der Waals surface area contributed by atoms with Gasteiger partial charge in [0.05, 0.1) is 17.7 Å². The molecule has 1 amide bonds. The highest BCUT2D eigenvalue weighted by Gasteiger charge is 2.62. The number of likely N-dealkylation sites (tertiary alicyclic amines) is 1. The van der Waals surface area contributed by atoms with Gasteiger partial charge in [0.1, 0.15) is 28.6 Å². The summed E-state index contributed by atoms with van der Waals surface area (Å²) in [5.41, 5.74) is 8.77. The number of hydrogen-bond acceptors (Lipinski definition) is 10. The van der Waals surface area contributed by atoms with E-state index in [-0.39, 0.29) is 41.9 Å². The number of hydrogen-bond donors (Lipinski definition) is 6. The number of ketones is 2. The van der Waals surface area contributed by atoms with Gasteiger partial charge < -0.3 is 36.6 Å². The first-order chi connectivity index (χ1) is 18.3. The van der Waals surface area contributed by atoms with E-state index in [4.69, 9.17) is 16.2 Å². The highest BCUT2D eigenvalue weighted by Crippen LogP contribution is 2.53. The number of nitrogens with zero attached hydrogens (tertiary/aromatic N) is 1. The number of benzene rings is 1. The minimum atomic E-state index is -2.73. The van der Waals surface area contributed by atoms with Crippen LogP contribution in [0.25, 0.3) is 0 Å². The minimum Gasteiger partial charge on any atom is -0.510 e. The van der Waals surface area contributed by atoms with Crippen LogP contribution in [-0.2, 0) is 16.0 Å². The van der Waals surface area contributed by atoms with Crippen molar-refractivity contribution in [2.24, 2.45) is 23.3 Å². The second-order valence-corrected chi connectivity index (χ2v) is 11.2. The zero-order valence-electron chi connectivity index (χ0n) is 22.2. The molecule has 11 heteroatoms. The van der Waals surface area contributed by atoms with E-state index in [1.54, 1.807) is 6.07 Å². The molecule has 1 fully saturated rings. The molecule has 1 aromatic carbocycles. The number of aliphatic hydroxyl groups excluding tert-OH is 2. The molecule has 11 nitrogen and oxygen atoms in total. The van der Waals surface area contributed by atoms with Gasteiger partial charge in [-0.25, -0.2) is 0 Å². The zero-order valence-corrected chi connectivity index (χ0v) is 22.2. The number of nitrogens with two attached hydrogens (primary N) is 2. The molecule has 1 aromatic rings. The summed E-state index contributed by atoms with van der Waals surface area (Å²) >= 11 is 0. The summed E-state index contributed by atoms with van der Waals surface area (Å²) < 4.78 is 6.29. The van der Waals surface area contributed by atoms with Crippen LogP contribution >= 0.6 is 0 Å². The summed E-state index contributed by atoms with van der Waals surface area (Å²) in [6, 6.07) is 0.146. The summed E-state index contributed by atoms with van der Waals surface area (Å²) in [5.74, 6) is -6.76. The molecule has 0 saturated carbocycles. The smallest absolute Gasteiger partial charge is 0.255 e. The molecular weight excluding hydrogens is 506 g/mol. The van der Waals surface area contributed by atoms with Crippen LogP contribution in [0, 0.1) is 11.8 Å². The fraction of sp³-hybridized carbons (Fsp3) is 0.536. The van der Waals surface area contributed by atoms with Gasteiger partial charge in [-0.3, -0.25) is 19.3 Å². The van der Waals surface area contributed by atoms with Gasteiger partial charge in [-0.1, -0.05) is 6.92 Å². The van der Waals surface area contributed by atoms with Crippen molar-refractivity contribution in [3.8, 4) is 11.5 Å². The molecule has 8 N–H and O–H groups in total. The highest BCUT2D eigenvalue weighted by molar-refractivity contribution is 6.24. The Kier molecular flexibility index (Phi) is 6.52. The molecule has 0 unspecified atom stereocenters. The first-order valence-corrected chi connectivity index (χ1v) is 13.4. The highest BCUT2D eigenvalue weighted by atomic mass is 16.5. The Morgan fingerprint density at radius 2 is 1.95 bits per heavy atom. The molecule has 1 aliphatic heterocycles. The Morgan fingerprint density at radius 1 is 1.26 bits per heavy atom. The summed E-state index contributed by atoms with van der Waals surface area (Å²) in [7, 11) is 0. The minimum absolute atomic E-state index is 0.00413. The lowest BCUT2D eigenvalue weighted by atomic mass is 9.59. The normalized spacial score (nSPS) is 30.9. The number of primary amides is 1. The average Bonchev–Trinajstić information content (AvgIpc) is 3.34. The Morgan fingerprint density at radius 3 is 2.56 bits per heavy atom. The number of rotatable bonds is 5. The quantitative estimate of drug-likeness (QED) is 0.297. The van der Waals surface area contributed by atoms with Crippen molar-refractivity contribution in [2.75, 3.05) is 13.1 Å². The number of fused-ring (bicyclic) bond motifs is 3. The summed E-state index contributed by atoms with van der Waals surface area (Å²) in [6.45, 7) is 7.52. The van der Waals surface area contributed by atoms with E-state index in [0.717, 1.165) is 31.5 Å². The standard InChI is InChI=1S/C28H35N3O8/c1-4-31-7-5-6-16(31)13-10-17(32)19-14(24(13)39-11(2)3)8-12-9-15-21(29)23(34)20(27(30)37)26(36)28(15,38)25(35)18(12)22(19)33/h10-12,15-16,21,32,34-35,38H,4-9,29H2,1-3H3,(H2,30,37)/t12-,15-,16-,21-,28-/m0/s1. The third-order valence-corrected chi connectivity index (χ3v) is 8.72. The second-order valence-electron chi connectivity index (χ2n) is 11.2. The predicted molar refractivity (Wildman–Crippen MR) is 139 cm³/mol. The summed E-state index contributed by atoms with van der Waals surface area (Å²) in [5, 5.41) is 44.4. The van der Waals surface area contributed by atoms with Crippen LogP contribution in [0.2, 0.25) is 0 Å². The largest absolute Gasteiger partial charge is 0.510 e. The topological polar surface area (TPSA) is 197 Å².